The highest BCUT2D eigenvalue weighted by Gasteiger charge is 2.26. The van der Waals surface area contributed by atoms with Gasteiger partial charge in [0.25, 0.3) is 0 Å². The summed E-state index contributed by atoms with van der Waals surface area (Å²) in [5.41, 5.74) is -1.11. The van der Waals surface area contributed by atoms with Crippen LogP contribution in [0.25, 0.3) is 0 Å². The lowest BCUT2D eigenvalue weighted by atomic mass is 9.93. The van der Waals surface area contributed by atoms with Crippen LogP contribution in [-0.2, 0) is 28.6 Å². The Morgan fingerprint density at radius 3 is 0.792 bits per heavy atom. The van der Waals surface area contributed by atoms with Crippen molar-refractivity contribution in [1.29, 1.82) is 0 Å². The Morgan fingerprint density at radius 2 is 0.556 bits per heavy atom. The lowest BCUT2D eigenvalue weighted by Crippen LogP contribution is -2.37. The fraction of sp³-hybridized carbons (Fsp3) is 0.855. The van der Waals surface area contributed by atoms with Crippen molar-refractivity contribution in [2.75, 3.05) is 39.6 Å². The van der Waals surface area contributed by atoms with E-state index in [0.717, 1.165) is 77.0 Å². The van der Waals surface area contributed by atoms with E-state index in [1.54, 1.807) is 0 Å². The van der Waals surface area contributed by atoms with Gasteiger partial charge in [-0.25, -0.2) is 0 Å². The summed E-state index contributed by atoms with van der Waals surface area (Å²) in [6, 6.07) is 0. The van der Waals surface area contributed by atoms with Gasteiger partial charge in [-0.3, -0.25) is 14.4 Å². The first kappa shape index (κ1) is 71.5. The fourth-order valence-corrected chi connectivity index (χ4v) is 8.20. The Hall–Kier alpha value is -2.53. The first-order chi connectivity index (χ1) is 35.3. The molecule has 4 N–H and O–H groups in total. The van der Waals surface area contributed by atoms with Crippen molar-refractivity contribution in [3.8, 4) is 0 Å². The predicted octanol–water partition coefficient (Wildman–Crippen LogP) is 16.0. The average molecular weight is 1020 g/mol. The van der Waals surface area contributed by atoms with Crippen molar-refractivity contribution in [1.82, 2.24) is 0 Å². The standard InChI is InChI=1S/C57H104O6.C5H12O4/c1-4-7-10-13-16-19-22-25-28-31-34-37-40-43-46-49-55(58)61-52-54(63-57(60)51-48-45-42-39-36-33-30-27-24-21-18-15-12-9-6-3)53-62-56(59)50-47-44-41-38-35-32-29-26-23-20-17-14-11-8-5-2;6-1-5(2-7,3-8)4-9/h25-30,54H,4-24,31-53H2,1-3H3;6-9H,1-4H2/b28-25-,29-26-,30-27-;. The molecule has 0 aromatic heterocycles. The van der Waals surface area contributed by atoms with Gasteiger partial charge < -0.3 is 34.6 Å². The number of ether oxygens (including phenoxy) is 3. The predicted molar refractivity (Wildman–Crippen MR) is 301 cm³/mol. The average Bonchev–Trinajstić information content (AvgIpc) is 3.39. The van der Waals surface area contributed by atoms with Crippen LogP contribution in [0.2, 0.25) is 0 Å². The summed E-state index contributed by atoms with van der Waals surface area (Å²) >= 11 is 0. The highest BCUT2D eigenvalue weighted by Crippen LogP contribution is 2.16. The molecule has 0 aliphatic rings. The molecule has 0 radical (unpaired) electrons. The van der Waals surface area contributed by atoms with Crippen molar-refractivity contribution < 1.29 is 49.0 Å². The van der Waals surface area contributed by atoms with Crippen LogP contribution in [0, 0.1) is 5.41 Å². The molecule has 0 aliphatic carbocycles. The van der Waals surface area contributed by atoms with Gasteiger partial charge in [-0.15, -0.1) is 0 Å². The Balaban J connectivity index is 0. The minimum atomic E-state index is -1.11. The van der Waals surface area contributed by atoms with Crippen LogP contribution >= 0.6 is 0 Å². The van der Waals surface area contributed by atoms with E-state index in [-0.39, 0.29) is 31.1 Å². The van der Waals surface area contributed by atoms with Gasteiger partial charge in [0.15, 0.2) is 6.10 Å². The molecule has 0 rings (SSSR count). The number of carbonyl (C=O) groups excluding carboxylic acids is 3. The third kappa shape index (κ3) is 53.8. The van der Waals surface area contributed by atoms with Crippen LogP contribution in [0.4, 0.5) is 0 Å². The van der Waals surface area contributed by atoms with E-state index >= 15 is 0 Å². The number of unbranched alkanes of at least 4 members (excludes halogenated alkanes) is 33. The highest BCUT2D eigenvalue weighted by atomic mass is 16.6. The van der Waals surface area contributed by atoms with E-state index in [4.69, 9.17) is 34.6 Å². The highest BCUT2D eigenvalue weighted by molar-refractivity contribution is 5.71. The molecule has 0 amide bonds. The summed E-state index contributed by atoms with van der Waals surface area (Å²) in [5.74, 6) is -0.893. The molecule has 0 atom stereocenters. The molecule has 0 bridgehead atoms. The molecule has 424 valence electrons. The van der Waals surface area contributed by atoms with E-state index < -0.39 is 37.9 Å². The molecule has 0 unspecified atom stereocenters. The monoisotopic (exact) mass is 1020 g/mol. The van der Waals surface area contributed by atoms with Crippen molar-refractivity contribution in [2.45, 2.75) is 297 Å². The Labute approximate surface area is 443 Å². The van der Waals surface area contributed by atoms with Crippen LogP contribution < -0.4 is 0 Å². The quantitative estimate of drug-likeness (QED) is 0.0200. The maximum atomic E-state index is 12.8. The van der Waals surface area contributed by atoms with Crippen LogP contribution in [0.5, 0.6) is 0 Å². The summed E-state index contributed by atoms with van der Waals surface area (Å²) in [6.45, 7) is 5.00. The van der Waals surface area contributed by atoms with Crippen LogP contribution in [-0.4, -0.2) is 84.1 Å². The van der Waals surface area contributed by atoms with Gasteiger partial charge >= 0.3 is 17.9 Å². The number of hydrogen-bond acceptors (Lipinski definition) is 10. The smallest absolute Gasteiger partial charge is 0.306 e. The van der Waals surface area contributed by atoms with Crippen LogP contribution in [0.15, 0.2) is 36.5 Å². The van der Waals surface area contributed by atoms with E-state index in [9.17, 15) is 14.4 Å². The molecule has 0 aliphatic heterocycles. The molecule has 0 heterocycles. The lowest BCUT2D eigenvalue weighted by molar-refractivity contribution is -0.167. The summed E-state index contributed by atoms with van der Waals surface area (Å²) in [7, 11) is 0. The largest absolute Gasteiger partial charge is 0.462 e. The van der Waals surface area contributed by atoms with E-state index in [0.29, 0.717) is 19.3 Å². The second-order valence-corrected chi connectivity index (χ2v) is 20.6. The Morgan fingerprint density at radius 1 is 0.333 bits per heavy atom. The van der Waals surface area contributed by atoms with E-state index in [1.165, 1.54) is 173 Å². The number of allylic oxidation sites excluding steroid dienone is 6. The zero-order valence-electron chi connectivity index (χ0n) is 47.2. The molecule has 0 saturated heterocycles. The number of rotatable bonds is 54. The summed E-state index contributed by atoms with van der Waals surface area (Å²) in [5, 5.41) is 34.0. The first-order valence-electron chi connectivity index (χ1n) is 30.2. The van der Waals surface area contributed by atoms with Gasteiger partial charge in [-0.05, 0) is 96.3 Å². The molecule has 0 spiro atoms. The van der Waals surface area contributed by atoms with Gasteiger partial charge in [0.05, 0.1) is 31.8 Å². The maximum absolute atomic E-state index is 12.8. The molecular formula is C62H116O10. The fourth-order valence-electron chi connectivity index (χ4n) is 8.20. The molecule has 0 saturated carbocycles. The van der Waals surface area contributed by atoms with Gasteiger partial charge in [0, 0.05) is 19.3 Å². The third-order valence-corrected chi connectivity index (χ3v) is 13.4. The number of carbonyl (C=O) groups is 3. The minimum Gasteiger partial charge on any atom is -0.462 e. The summed E-state index contributed by atoms with van der Waals surface area (Å²) < 4.78 is 16.8. The lowest BCUT2D eigenvalue weighted by Gasteiger charge is -2.23. The third-order valence-electron chi connectivity index (χ3n) is 13.4. The van der Waals surface area contributed by atoms with Gasteiger partial charge in [0.2, 0.25) is 0 Å². The van der Waals surface area contributed by atoms with Gasteiger partial charge in [0.1, 0.15) is 13.2 Å². The molecule has 10 heteroatoms. The molecule has 72 heavy (non-hydrogen) atoms. The number of hydrogen-bond donors (Lipinski definition) is 4. The zero-order chi connectivity index (χ0) is 53.1. The number of aliphatic hydroxyl groups excluding tert-OH is 4. The van der Waals surface area contributed by atoms with Crippen molar-refractivity contribution in [3.05, 3.63) is 36.5 Å². The van der Waals surface area contributed by atoms with Gasteiger partial charge in [-0.1, -0.05) is 211 Å². The number of aliphatic hydroxyl groups is 4. The molecule has 0 aromatic carbocycles. The summed E-state index contributed by atoms with van der Waals surface area (Å²) in [4.78, 5) is 38.0. The maximum Gasteiger partial charge on any atom is 0.306 e. The van der Waals surface area contributed by atoms with Crippen molar-refractivity contribution in [2.24, 2.45) is 5.41 Å². The summed E-state index contributed by atoms with van der Waals surface area (Å²) in [6.07, 6.45) is 61.2. The SMILES string of the molecule is CCCCCCCC/C=C\CCCCCCCC(=O)OCC(COC(=O)CCCCCCC/C=C\CCCCCCCC)OC(=O)CCCCCCC/C=C\CCCCCCCC.OCC(CO)(CO)CO. The first-order valence-corrected chi connectivity index (χ1v) is 30.2. The van der Waals surface area contributed by atoms with E-state index in [2.05, 4.69) is 57.2 Å². The number of esters is 3. The van der Waals surface area contributed by atoms with Crippen molar-refractivity contribution >= 4 is 17.9 Å². The van der Waals surface area contributed by atoms with E-state index in [1.807, 2.05) is 0 Å². The molecule has 0 aromatic rings. The molecular weight excluding hydrogens is 905 g/mol. The zero-order valence-corrected chi connectivity index (χ0v) is 47.2. The van der Waals surface area contributed by atoms with Crippen molar-refractivity contribution in [3.63, 3.8) is 0 Å². The Kier molecular flexibility index (Phi) is 59.0. The second-order valence-electron chi connectivity index (χ2n) is 20.6. The Bertz CT molecular complexity index is 1150. The second kappa shape index (κ2) is 59.3. The normalized spacial score (nSPS) is 11.8. The van der Waals surface area contributed by atoms with Gasteiger partial charge in [-0.2, -0.15) is 0 Å². The minimum absolute atomic E-state index is 0.0806. The molecule has 10 nitrogen and oxygen atoms in total. The molecule has 0 fully saturated rings. The van der Waals surface area contributed by atoms with Crippen LogP contribution in [0.1, 0.15) is 290 Å². The van der Waals surface area contributed by atoms with Crippen LogP contribution in [0.3, 0.4) is 0 Å². The topological polar surface area (TPSA) is 160 Å².